The van der Waals surface area contributed by atoms with Crippen LogP contribution in [0, 0.1) is 0 Å². The van der Waals surface area contributed by atoms with E-state index in [9.17, 15) is 9.59 Å². The summed E-state index contributed by atoms with van der Waals surface area (Å²) in [4.78, 5) is 27.5. The lowest BCUT2D eigenvalue weighted by atomic mass is 10.2. The molecule has 0 spiro atoms. The second kappa shape index (κ2) is 6.01. The molecule has 1 aliphatic rings. The molecule has 0 N–H and O–H groups in total. The molecular weight excluding hydrogens is 304 g/mol. The Labute approximate surface area is 133 Å². The second-order valence-electron chi connectivity index (χ2n) is 5.44. The minimum Gasteiger partial charge on any atom is -0.451 e. The van der Waals surface area contributed by atoms with Gasteiger partial charge in [-0.05, 0) is 30.7 Å². The Hall–Kier alpha value is -2.01. The number of carbonyl (C=O) groups excluding carboxylic acids is 2. The van der Waals surface area contributed by atoms with Gasteiger partial charge in [0.05, 0.1) is 0 Å². The van der Waals surface area contributed by atoms with Crippen LogP contribution < -0.4 is 0 Å². The molecule has 0 atom stereocenters. The summed E-state index contributed by atoms with van der Waals surface area (Å²) in [5.41, 5.74) is 0.646. The zero-order valence-electron chi connectivity index (χ0n) is 12.3. The van der Waals surface area contributed by atoms with E-state index in [4.69, 9.17) is 16.0 Å². The molecule has 1 aliphatic heterocycles. The van der Waals surface area contributed by atoms with Crippen molar-refractivity contribution < 1.29 is 14.0 Å². The standard InChI is InChI=1S/C16H17ClN2O3/c1-11(20)18-5-2-6-19(8-7-18)16(21)15-10-12-9-13(17)3-4-14(12)22-15/h3-4,9-10H,2,5-8H2,1H3. The maximum Gasteiger partial charge on any atom is 0.289 e. The van der Waals surface area contributed by atoms with E-state index in [1.165, 1.54) is 0 Å². The van der Waals surface area contributed by atoms with Crippen LogP contribution in [-0.2, 0) is 4.79 Å². The Morgan fingerprint density at radius 2 is 1.82 bits per heavy atom. The topological polar surface area (TPSA) is 53.8 Å². The smallest absolute Gasteiger partial charge is 0.289 e. The van der Waals surface area contributed by atoms with Gasteiger partial charge in [-0.2, -0.15) is 0 Å². The van der Waals surface area contributed by atoms with Gasteiger partial charge >= 0.3 is 0 Å². The Morgan fingerprint density at radius 1 is 1.09 bits per heavy atom. The van der Waals surface area contributed by atoms with Crippen molar-refractivity contribution in [2.75, 3.05) is 26.2 Å². The van der Waals surface area contributed by atoms with Crippen molar-refractivity contribution in [3.63, 3.8) is 0 Å². The van der Waals surface area contributed by atoms with Gasteiger partial charge in [0, 0.05) is 43.5 Å². The summed E-state index contributed by atoms with van der Waals surface area (Å²) >= 11 is 5.95. The molecule has 0 unspecified atom stereocenters. The third kappa shape index (κ3) is 2.95. The number of furan rings is 1. The number of nitrogens with zero attached hydrogens (tertiary/aromatic N) is 2. The van der Waals surface area contributed by atoms with Crippen LogP contribution in [0.4, 0.5) is 0 Å². The molecule has 1 aromatic carbocycles. The maximum atomic E-state index is 12.6. The van der Waals surface area contributed by atoms with E-state index in [-0.39, 0.29) is 11.8 Å². The molecule has 1 fully saturated rings. The Kier molecular flexibility index (Phi) is 4.07. The highest BCUT2D eigenvalue weighted by molar-refractivity contribution is 6.31. The lowest BCUT2D eigenvalue weighted by molar-refractivity contribution is -0.128. The number of benzene rings is 1. The number of carbonyl (C=O) groups is 2. The van der Waals surface area contributed by atoms with Gasteiger partial charge in [-0.1, -0.05) is 11.6 Å². The highest BCUT2D eigenvalue weighted by Crippen LogP contribution is 2.24. The lowest BCUT2D eigenvalue weighted by Gasteiger charge is -2.20. The van der Waals surface area contributed by atoms with E-state index in [1.54, 1.807) is 41.0 Å². The number of fused-ring (bicyclic) bond motifs is 1. The van der Waals surface area contributed by atoms with E-state index in [0.717, 1.165) is 11.8 Å². The molecule has 2 aromatic rings. The zero-order valence-corrected chi connectivity index (χ0v) is 13.1. The monoisotopic (exact) mass is 320 g/mol. The van der Waals surface area contributed by atoms with Gasteiger partial charge in [0.15, 0.2) is 5.76 Å². The average molecular weight is 321 g/mol. The highest BCUT2D eigenvalue weighted by atomic mass is 35.5. The van der Waals surface area contributed by atoms with Crippen LogP contribution in [0.15, 0.2) is 28.7 Å². The summed E-state index contributed by atoms with van der Waals surface area (Å²) < 4.78 is 5.62. The number of amides is 2. The van der Waals surface area contributed by atoms with E-state index in [0.29, 0.717) is 42.5 Å². The summed E-state index contributed by atoms with van der Waals surface area (Å²) in [6.45, 7) is 3.96. The van der Waals surface area contributed by atoms with Crippen LogP contribution in [0.25, 0.3) is 11.0 Å². The second-order valence-corrected chi connectivity index (χ2v) is 5.88. The van der Waals surface area contributed by atoms with E-state index in [2.05, 4.69) is 0 Å². The largest absolute Gasteiger partial charge is 0.451 e. The van der Waals surface area contributed by atoms with E-state index >= 15 is 0 Å². The third-order valence-electron chi connectivity index (χ3n) is 3.92. The number of hydrogen-bond acceptors (Lipinski definition) is 3. The van der Waals surface area contributed by atoms with Gasteiger partial charge in [-0.15, -0.1) is 0 Å². The molecule has 3 rings (SSSR count). The minimum absolute atomic E-state index is 0.0488. The maximum absolute atomic E-state index is 12.6. The molecule has 0 bridgehead atoms. The third-order valence-corrected chi connectivity index (χ3v) is 4.15. The fraction of sp³-hybridized carbons (Fsp3) is 0.375. The average Bonchev–Trinajstić information content (AvgIpc) is 2.74. The summed E-state index contributed by atoms with van der Waals surface area (Å²) in [6.07, 6.45) is 0.775. The fourth-order valence-electron chi connectivity index (χ4n) is 2.71. The van der Waals surface area contributed by atoms with Gasteiger partial charge in [0.2, 0.25) is 5.91 Å². The highest BCUT2D eigenvalue weighted by Gasteiger charge is 2.23. The zero-order chi connectivity index (χ0) is 15.7. The quantitative estimate of drug-likeness (QED) is 0.812. The molecular formula is C16H17ClN2O3. The Bertz CT molecular complexity index is 725. The van der Waals surface area contributed by atoms with Crippen molar-refractivity contribution in [2.45, 2.75) is 13.3 Å². The van der Waals surface area contributed by atoms with Crippen molar-refractivity contribution in [3.8, 4) is 0 Å². The first-order valence-electron chi connectivity index (χ1n) is 7.28. The summed E-state index contributed by atoms with van der Waals surface area (Å²) in [7, 11) is 0. The number of rotatable bonds is 1. The van der Waals surface area contributed by atoms with Crippen LogP contribution in [0.2, 0.25) is 5.02 Å². The molecule has 0 aliphatic carbocycles. The van der Waals surface area contributed by atoms with Gasteiger partial charge in [-0.25, -0.2) is 0 Å². The summed E-state index contributed by atoms with van der Waals surface area (Å²) in [6, 6.07) is 6.99. The molecule has 6 heteroatoms. The van der Waals surface area contributed by atoms with Crippen molar-refractivity contribution in [2.24, 2.45) is 0 Å². The first-order valence-corrected chi connectivity index (χ1v) is 7.66. The van der Waals surface area contributed by atoms with Gasteiger partial charge in [-0.3, -0.25) is 9.59 Å². The number of halogens is 1. The van der Waals surface area contributed by atoms with Gasteiger partial charge < -0.3 is 14.2 Å². The molecule has 0 saturated carbocycles. The minimum atomic E-state index is -0.141. The first kappa shape index (κ1) is 14.9. The predicted molar refractivity (Wildman–Crippen MR) is 84.0 cm³/mol. The summed E-state index contributed by atoms with van der Waals surface area (Å²) in [5, 5.41) is 1.43. The van der Waals surface area contributed by atoms with Crippen molar-refractivity contribution in [1.82, 2.24) is 9.80 Å². The van der Waals surface area contributed by atoms with Crippen LogP contribution in [0.1, 0.15) is 23.9 Å². The van der Waals surface area contributed by atoms with Crippen LogP contribution in [0.3, 0.4) is 0 Å². The molecule has 2 amide bonds. The molecule has 116 valence electrons. The molecule has 1 saturated heterocycles. The van der Waals surface area contributed by atoms with Crippen LogP contribution in [0.5, 0.6) is 0 Å². The summed E-state index contributed by atoms with van der Waals surface area (Å²) in [5.74, 6) is 0.221. The normalized spacial score (nSPS) is 15.9. The van der Waals surface area contributed by atoms with Crippen LogP contribution >= 0.6 is 11.6 Å². The Balaban J connectivity index is 1.78. The predicted octanol–water partition coefficient (Wildman–Crippen LogP) is 2.78. The molecule has 0 radical (unpaired) electrons. The molecule has 5 nitrogen and oxygen atoms in total. The van der Waals surface area contributed by atoms with Gasteiger partial charge in [0.25, 0.3) is 5.91 Å². The fourth-order valence-corrected chi connectivity index (χ4v) is 2.89. The van der Waals surface area contributed by atoms with Crippen molar-refractivity contribution in [1.29, 1.82) is 0 Å². The lowest BCUT2D eigenvalue weighted by Crippen LogP contribution is -2.36. The van der Waals surface area contributed by atoms with E-state index in [1.807, 2.05) is 0 Å². The van der Waals surface area contributed by atoms with E-state index < -0.39 is 0 Å². The van der Waals surface area contributed by atoms with Crippen molar-refractivity contribution in [3.05, 3.63) is 35.0 Å². The molecule has 22 heavy (non-hydrogen) atoms. The van der Waals surface area contributed by atoms with Gasteiger partial charge in [0.1, 0.15) is 5.58 Å². The molecule has 1 aromatic heterocycles. The SMILES string of the molecule is CC(=O)N1CCCN(C(=O)c2cc3cc(Cl)ccc3o2)CC1. The van der Waals surface area contributed by atoms with Crippen LogP contribution in [-0.4, -0.2) is 47.8 Å². The number of hydrogen-bond donors (Lipinski definition) is 0. The first-order chi connectivity index (χ1) is 10.5. The molecule has 2 heterocycles. The Morgan fingerprint density at radius 3 is 2.59 bits per heavy atom. The van der Waals surface area contributed by atoms with Crippen molar-refractivity contribution >= 4 is 34.4 Å².